The molecule has 4 amide bonds. The molecule has 1 saturated heterocycles. The van der Waals surface area contributed by atoms with E-state index in [1.165, 1.54) is 0 Å². The van der Waals surface area contributed by atoms with Crippen LogP contribution in [0.15, 0.2) is 30.3 Å². The minimum Gasteiger partial charge on any atom is -0.350 e. The van der Waals surface area contributed by atoms with Crippen LogP contribution in [0.3, 0.4) is 0 Å². The fourth-order valence-corrected chi connectivity index (χ4v) is 2.14. The second-order valence-electron chi connectivity index (χ2n) is 5.36. The second kappa shape index (κ2) is 6.39. The summed E-state index contributed by atoms with van der Waals surface area (Å²) in [5.41, 5.74) is 0.961. The molecule has 1 aromatic rings. The van der Waals surface area contributed by atoms with Crippen molar-refractivity contribution in [2.45, 2.75) is 26.4 Å². The normalized spacial score (nSPS) is 18.0. The zero-order valence-electron chi connectivity index (χ0n) is 12.1. The summed E-state index contributed by atoms with van der Waals surface area (Å²) in [7, 11) is 0. The maximum absolute atomic E-state index is 12.0. The highest BCUT2D eigenvalue weighted by atomic mass is 16.2. The Kier molecular flexibility index (Phi) is 4.57. The van der Waals surface area contributed by atoms with E-state index in [1.54, 1.807) is 0 Å². The lowest BCUT2D eigenvalue weighted by Gasteiger charge is -2.14. The molecule has 1 atom stereocenters. The Hall–Kier alpha value is -2.37. The number of nitrogens with zero attached hydrogens (tertiary/aromatic N) is 1. The van der Waals surface area contributed by atoms with Gasteiger partial charge in [0.25, 0.3) is 5.91 Å². The molecule has 0 saturated carbocycles. The van der Waals surface area contributed by atoms with Crippen LogP contribution in [0, 0.1) is 5.92 Å². The Morgan fingerprint density at radius 3 is 2.52 bits per heavy atom. The fraction of sp³-hybridized carbons (Fsp3) is 0.400. The molecule has 0 bridgehead atoms. The molecule has 2 N–H and O–H groups in total. The molecule has 1 aromatic carbocycles. The smallest absolute Gasteiger partial charge is 0.325 e. The number of carbonyl (C=O) groups excluding carboxylic acids is 3. The van der Waals surface area contributed by atoms with Crippen LogP contribution in [0.5, 0.6) is 0 Å². The van der Waals surface area contributed by atoms with Gasteiger partial charge in [0, 0.05) is 6.54 Å². The van der Waals surface area contributed by atoms with Crippen LogP contribution in [0.1, 0.15) is 19.4 Å². The number of hydrogen-bond donors (Lipinski definition) is 2. The molecule has 6 nitrogen and oxygen atoms in total. The quantitative estimate of drug-likeness (QED) is 0.790. The molecule has 2 rings (SSSR count). The number of benzene rings is 1. The van der Waals surface area contributed by atoms with Gasteiger partial charge in [0.05, 0.1) is 0 Å². The van der Waals surface area contributed by atoms with Gasteiger partial charge in [-0.15, -0.1) is 0 Å². The van der Waals surface area contributed by atoms with E-state index in [-0.39, 0.29) is 24.3 Å². The molecular weight excluding hydrogens is 270 g/mol. The van der Waals surface area contributed by atoms with Gasteiger partial charge in [0.2, 0.25) is 5.91 Å². The SMILES string of the molecule is CC(C)[C@H]1NC(=O)N(CC(=O)NCc2ccccc2)C1=O. The average molecular weight is 289 g/mol. The van der Waals surface area contributed by atoms with Gasteiger partial charge in [-0.2, -0.15) is 0 Å². The Bertz CT molecular complexity index is 542. The molecule has 112 valence electrons. The zero-order valence-corrected chi connectivity index (χ0v) is 12.1. The van der Waals surface area contributed by atoms with Crippen molar-refractivity contribution < 1.29 is 14.4 Å². The van der Waals surface area contributed by atoms with E-state index in [9.17, 15) is 14.4 Å². The van der Waals surface area contributed by atoms with Gasteiger partial charge >= 0.3 is 6.03 Å². The molecule has 1 heterocycles. The van der Waals surface area contributed by atoms with Crippen LogP contribution in [-0.2, 0) is 16.1 Å². The summed E-state index contributed by atoms with van der Waals surface area (Å²) in [5, 5.41) is 5.29. The standard InChI is InChI=1S/C15H19N3O3/c1-10(2)13-14(20)18(15(21)17-13)9-12(19)16-8-11-6-4-3-5-7-11/h3-7,10,13H,8-9H2,1-2H3,(H,16,19)(H,17,21)/t13-/m1/s1. The second-order valence-corrected chi connectivity index (χ2v) is 5.36. The van der Waals surface area contributed by atoms with E-state index in [0.717, 1.165) is 10.5 Å². The van der Waals surface area contributed by atoms with E-state index in [1.807, 2.05) is 44.2 Å². The maximum Gasteiger partial charge on any atom is 0.325 e. The Morgan fingerprint density at radius 2 is 1.95 bits per heavy atom. The summed E-state index contributed by atoms with van der Waals surface area (Å²) in [6.07, 6.45) is 0. The molecule has 0 unspecified atom stereocenters. The van der Waals surface area contributed by atoms with E-state index in [4.69, 9.17) is 0 Å². The monoisotopic (exact) mass is 289 g/mol. The number of carbonyl (C=O) groups is 3. The van der Waals surface area contributed by atoms with Crippen LogP contribution in [-0.4, -0.2) is 35.3 Å². The highest BCUT2D eigenvalue weighted by Crippen LogP contribution is 2.13. The highest BCUT2D eigenvalue weighted by molar-refractivity contribution is 6.06. The molecule has 0 aliphatic carbocycles. The van der Waals surface area contributed by atoms with Crippen molar-refractivity contribution >= 4 is 17.8 Å². The number of hydrogen-bond acceptors (Lipinski definition) is 3. The third-order valence-corrected chi connectivity index (χ3v) is 3.36. The van der Waals surface area contributed by atoms with E-state index < -0.39 is 12.1 Å². The van der Waals surface area contributed by atoms with E-state index in [2.05, 4.69) is 10.6 Å². The lowest BCUT2D eigenvalue weighted by Crippen LogP contribution is -2.41. The first kappa shape index (κ1) is 15.0. The summed E-state index contributed by atoms with van der Waals surface area (Å²) < 4.78 is 0. The zero-order chi connectivity index (χ0) is 15.4. The highest BCUT2D eigenvalue weighted by Gasteiger charge is 2.40. The van der Waals surface area contributed by atoms with Crippen molar-refractivity contribution in [3.8, 4) is 0 Å². The number of imide groups is 1. The topological polar surface area (TPSA) is 78.5 Å². The third kappa shape index (κ3) is 3.59. The predicted octanol–water partition coefficient (Wildman–Crippen LogP) is 0.879. The van der Waals surface area contributed by atoms with Gasteiger partial charge < -0.3 is 10.6 Å². The van der Waals surface area contributed by atoms with Crippen LogP contribution < -0.4 is 10.6 Å². The summed E-state index contributed by atoms with van der Waals surface area (Å²) in [5.74, 6) is -0.699. The van der Waals surface area contributed by atoms with Crippen molar-refractivity contribution in [1.29, 1.82) is 0 Å². The third-order valence-electron chi connectivity index (χ3n) is 3.36. The van der Waals surface area contributed by atoms with Crippen molar-refractivity contribution in [3.05, 3.63) is 35.9 Å². The van der Waals surface area contributed by atoms with Crippen molar-refractivity contribution in [2.24, 2.45) is 5.92 Å². The Labute approximate surface area is 123 Å². The minimum absolute atomic E-state index is 0.00108. The number of rotatable bonds is 5. The Balaban J connectivity index is 1.88. The molecule has 21 heavy (non-hydrogen) atoms. The molecule has 0 radical (unpaired) electrons. The largest absolute Gasteiger partial charge is 0.350 e. The maximum atomic E-state index is 12.0. The number of amides is 4. The fourth-order valence-electron chi connectivity index (χ4n) is 2.14. The van der Waals surface area contributed by atoms with Gasteiger partial charge in [0.15, 0.2) is 0 Å². The van der Waals surface area contributed by atoms with Gasteiger partial charge in [-0.3, -0.25) is 14.5 Å². The molecule has 0 aromatic heterocycles. The van der Waals surface area contributed by atoms with Crippen LogP contribution >= 0.6 is 0 Å². The molecule has 1 aliphatic rings. The van der Waals surface area contributed by atoms with Crippen LogP contribution in [0.2, 0.25) is 0 Å². The first-order chi connectivity index (χ1) is 9.99. The van der Waals surface area contributed by atoms with Crippen LogP contribution in [0.4, 0.5) is 4.79 Å². The number of nitrogens with one attached hydrogen (secondary N) is 2. The lowest BCUT2D eigenvalue weighted by atomic mass is 10.1. The van der Waals surface area contributed by atoms with Gasteiger partial charge in [-0.05, 0) is 11.5 Å². The van der Waals surface area contributed by atoms with Crippen molar-refractivity contribution in [2.75, 3.05) is 6.54 Å². The molecule has 6 heteroatoms. The molecule has 1 fully saturated rings. The molecular formula is C15H19N3O3. The average Bonchev–Trinajstić information content (AvgIpc) is 2.74. The van der Waals surface area contributed by atoms with Crippen molar-refractivity contribution in [1.82, 2.24) is 15.5 Å². The molecule has 1 aliphatic heterocycles. The van der Waals surface area contributed by atoms with E-state index >= 15 is 0 Å². The van der Waals surface area contributed by atoms with Gasteiger partial charge in [0.1, 0.15) is 12.6 Å². The summed E-state index contributed by atoms with van der Waals surface area (Å²) in [4.78, 5) is 36.6. The molecule has 0 spiro atoms. The lowest BCUT2D eigenvalue weighted by molar-refractivity contribution is -0.132. The van der Waals surface area contributed by atoms with E-state index in [0.29, 0.717) is 6.54 Å². The predicted molar refractivity (Wildman–Crippen MR) is 77.2 cm³/mol. The Morgan fingerprint density at radius 1 is 1.29 bits per heavy atom. The summed E-state index contributed by atoms with van der Waals surface area (Å²) in [6, 6.07) is 8.39. The first-order valence-electron chi connectivity index (χ1n) is 6.91. The summed E-state index contributed by atoms with van der Waals surface area (Å²) >= 11 is 0. The van der Waals surface area contributed by atoms with Crippen LogP contribution in [0.25, 0.3) is 0 Å². The summed E-state index contributed by atoms with van der Waals surface area (Å²) in [6.45, 7) is 3.82. The van der Waals surface area contributed by atoms with Crippen molar-refractivity contribution in [3.63, 3.8) is 0 Å². The van der Waals surface area contributed by atoms with Gasteiger partial charge in [-0.1, -0.05) is 44.2 Å². The first-order valence-corrected chi connectivity index (χ1v) is 6.91. The van der Waals surface area contributed by atoms with Gasteiger partial charge in [-0.25, -0.2) is 4.79 Å². The minimum atomic E-state index is -0.542. The number of urea groups is 1.